The summed E-state index contributed by atoms with van der Waals surface area (Å²) >= 11 is 3.59. The molecule has 0 fully saturated rings. The number of hydrogen-bond donors (Lipinski definition) is 0. The molecule has 0 aliphatic heterocycles. The Balaban J connectivity index is 3.53. The Bertz CT molecular complexity index is 106. The third kappa shape index (κ3) is 7.51. The van der Waals surface area contributed by atoms with Gasteiger partial charge in [-0.15, -0.1) is 0 Å². The van der Waals surface area contributed by atoms with Crippen LogP contribution in [0.15, 0.2) is 0 Å². The van der Waals surface area contributed by atoms with Gasteiger partial charge >= 0.3 is 0 Å². The Morgan fingerprint density at radius 2 is 1.92 bits per heavy atom. The molecular weight excluding hydrogens is 226 g/mol. The first-order chi connectivity index (χ1) is 6.24. The zero-order valence-corrected chi connectivity index (χ0v) is 10.9. The highest BCUT2D eigenvalue weighted by Gasteiger charge is 2.08. The van der Waals surface area contributed by atoms with E-state index in [1.807, 2.05) is 0 Å². The molecule has 0 aliphatic rings. The van der Waals surface area contributed by atoms with Crippen molar-refractivity contribution >= 4 is 15.9 Å². The van der Waals surface area contributed by atoms with Crippen LogP contribution >= 0.6 is 15.9 Å². The molecule has 0 aromatic rings. The minimum absolute atomic E-state index is 0.840. The molecule has 0 amide bonds. The Morgan fingerprint density at radius 1 is 1.23 bits per heavy atom. The lowest BCUT2D eigenvalue weighted by Crippen LogP contribution is -2.27. The molecule has 1 unspecified atom stereocenters. The normalized spacial score (nSPS) is 13.6. The molecule has 0 radical (unpaired) electrons. The van der Waals surface area contributed by atoms with Gasteiger partial charge in [0.15, 0.2) is 0 Å². The summed E-state index contributed by atoms with van der Waals surface area (Å²) < 4.78 is 0. The second-order valence-corrected chi connectivity index (χ2v) is 4.57. The third-order valence-corrected chi connectivity index (χ3v) is 3.29. The van der Waals surface area contributed by atoms with Gasteiger partial charge in [0.2, 0.25) is 0 Å². The molecule has 80 valence electrons. The molecule has 0 saturated heterocycles. The number of hydrogen-bond acceptors (Lipinski definition) is 1. The van der Waals surface area contributed by atoms with E-state index < -0.39 is 0 Å². The SMILES string of the molecule is CCCCN(C)CC(CBr)CCC. The van der Waals surface area contributed by atoms with Crippen LogP contribution < -0.4 is 0 Å². The Hall–Kier alpha value is 0.440. The average Bonchev–Trinajstić information content (AvgIpc) is 2.14. The third-order valence-electron chi connectivity index (χ3n) is 2.38. The van der Waals surface area contributed by atoms with Crippen LogP contribution in [0.4, 0.5) is 0 Å². The summed E-state index contributed by atoms with van der Waals surface area (Å²) in [6.07, 6.45) is 5.29. The Morgan fingerprint density at radius 3 is 2.38 bits per heavy atom. The summed E-state index contributed by atoms with van der Waals surface area (Å²) in [5, 5.41) is 1.15. The van der Waals surface area contributed by atoms with E-state index in [2.05, 4.69) is 41.7 Å². The van der Waals surface area contributed by atoms with Crippen molar-refractivity contribution in [2.75, 3.05) is 25.5 Å². The maximum absolute atomic E-state index is 3.59. The van der Waals surface area contributed by atoms with Gasteiger partial charge in [-0.3, -0.25) is 0 Å². The molecule has 0 heterocycles. The summed E-state index contributed by atoms with van der Waals surface area (Å²) in [6, 6.07) is 0. The van der Waals surface area contributed by atoms with E-state index in [1.165, 1.54) is 38.8 Å². The summed E-state index contributed by atoms with van der Waals surface area (Å²) in [4.78, 5) is 2.46. The standard InChI is InChI=1S/C11H24BrN/c1-4-6-8-13(3)10-11(9-12)7-5-2/h11H,4-10H2,1-3H3. The fourth-order valence-corrected chi connectivity index (χ4v) is 2.11. The van der Waals surface area contributed by atoms with E-state index in [4.69, 9.17) is 0 Å². The highest BCUT2D eigenvalue weighted by Crippen LogP contribution is 2.11. The summed E-state index contributed by atoms with van der Waals surface area (Å²) in [5.41, 5.74) is 0. The van der Waals surface area contributed by atoms with Crippen molar-refractivity contribution in [3.63, 3.8) is 0 Å². The maximum atomic E-state index is 3.59. The highest BCUT2D eigenvalue weighted by molar-refractivity contribution is 9.09. The molecule has 0 aliphatic carbocycles. The first-order valence-corrected chi connectivity index (χ1v) is 6.61. The number of halogens is 1. The van der Waals surface area contributed by atoms with Gasteiger partial charge in [-0.2, -0.15) is 0 Å². The molecule has 0 aromatic heterocycles. The van der Waals surface area contributed by atoms with Crippen LogP contribution in [0.25, 0.3) is 0 Å². The van der Waals surface area contributed by atoms with Crippen LogP contribution in [0.1, 0.15) is 39.5 Å². The van der Waals surface area contributed by atoms with E-state index in [1.54, 1.807) is 0 Å². The van der Waals surface area contributed by atoms with E-state index >= 15 is 0 Å². The number of rotatable bonds is 8. The molecule has 13 heavy (non-hydrogen) atoms. The lowest BCUT2D eigenvalue weighted by molar-refractivity contribution is 0.277. The van der Waals surface area contributed by atoms with Crippen molar-refractivity contribution in [3.8, 4) is 0 Å². The van der Waals surface area contributed by atoms with Crippen LogP contribution in [-0.2, 0) is 0 Å². The van der Waals surface area contributed by atoms with Crippen molar-refractivity contribution in [3.05, 3.63) is 0 Å². The van der Waals surface area contributed by atoms with Gasteiger partial charge < -0.3 is 4.90 Å². The van der Waals surface area contributed by atoms with E-state index in [9.17, 15) is 0 Å². The van der Waals surface area contributed by atoms with Crippen LogP contribution in [0.2, 0.25) is 0 Å². The first kappa shape index (κ1) is 13.4. The Labute approximate surface area is 92.0 Å². The van der Waals surface area contributed by atoms with Gasteiger partial charge in [0.25, 0.3) is 0 Å². The fraction of sp³-hybridized carbons (Fsp3) is 1.00. The highest BCUT2D eigenvalue weighted by atomic mass is 79.9. The molecule has 0 spiro atoms. The Kier molecular flexibility index (Phi) is 9.32. The minimum atomic E-state index is 0.840. The van der Waals surface area contributed by atoms with Gasteiger partial charge in [0.05, 0.1) is 0 Å². The lowest BCUT2D eigenvalue weighted by atomic mass is 10.1. The second kappa shape index (κ2) is 9.01. The summed E-state index contributed by atoms with van der Waals surface area (Å²) in [6.45, 7) is 7.02. The van der Waals surface area contributed by atoms with Crippen molar-refractivity contribution in [2.24, 2.45) is 5.92 Å². The molecule has 0 N–H and O–H groups in total. The van der Waals surface area contributed by atoms with Crippen molar-refractivity contribution in [1.29, 1.82) is 0 Å². The van der Waals surface area contributed by atoms with Crippen molar-refractivity contribution in [1.82, 2.24) is 4.90 Å². The topological polar surface area (TPSA) is 3.24 Å². The van der Waals surface area contributed by atoms with E-state index in [-0.39, 0.29) is 0 Å². The van der Waals surface area contributed by atoms with E-state index in [0.29, 0.717) is 0 Å². The minimum Gasteiger partial charge on any atom is -0.306 e. The number of alkyl halides is 1. The quantitative estimate of drug-likeness (QED) is 0.596. The molecule has 2 heteroatoms. The molecule has 1 atom stereocenters. The van der Waals surface area contributed by atoms with Gasteiger partial charge in [-0.05, 0) is 32.4 Å². The molecule has 0 bridgehead atoms. The number of unbranched alkanes of at least 4 members (excludes halogenated alkanes) is 1. The van der Waals surface area contributed by atoms with Crippen LogP contribution in [-0.4, -0.2) is 30.4 Å². The summed E-state index contributed by atoms with van der Waals surface area (Å²) in [5.74, 6) is 0.840. The zero-order chi connectivity index (χ0) is 10.1. The summed E-state index contributed by atoms with van der Waals surface area (Å²) in [7, 11) is 2.24. The van der Waals surface area contributed by atoms with E-state index in [0.717, 1.165) is 11.2 Å². The van der Waals surface area contributed by atoms with Gasteiger partial charge in [0, 0.05) is 11.9 Å². The van der Waals surface area contributed by atoms with Gasteiger partial charge in [-0.1, -0.05) is 42.6 Å². The number of nitrogens with zero attached hydrogens (tertiary/aromatic N) is 1. The fourth-order valence-electron chi connectivity index (χ4n) is 1.59. The molecule has 0 saturated carbocycles. The lowest BCUT2D eigenvalue weighted by Gasteiger charge is -2.22. The van der Waals surface area contributed by atoms with Crippen LogP contribution in [0, 0.1) is 5.92 Å². The predicted molar refractivity (Wildman–Crippen MR) is 64.6 cm³/mol. The second-order valence-electron chi connectivity index (χ2n) is 3.92. The molecule has 0 aromatic carbocycles. The maximum Gasteiger partial charge on any atom is 0.00718 e. The molecule has 1 nitrogen and oxygen atoms in total. The average molecular weight is 250 g/mol. The molecule has 0 rings (SSSR count). The predicted octanol–water partition coefficient (Wildman–Crippen LogP) is 3.53. The van der Waals surface area contributed by atoms with Crippen molar-refractivity contribution in [2.45, 2.75) is 39.5 Å². The first-order valence-electron chi connectivity index (χ1n) is 5.49. The van der Waals surface area contributed by atoms with Gasteiger partial charge in [-0.25, -0.2) is 0 Å². The van der Waals surface area contributed by atoms with Crippen LogP contribution in [0.3, 0.4) is 0 Å². The van der Waals surface area contributed by atoms with Crippen LogP contribution in [0.5, 0.6) is 0 Å². The zero-order valence-electron chi connectivity index (χ0n) is 9.35. The van der Waals surface area contributed by atoms with Gasteiger partial charge in [0.1, 0.15) is 0 Å². The monoisotopic (exact) mass is 249 g/mol. The largest absolute Gasteiger partial charge is 0.306 e. The van der Waals surface area contributed by atoms with Crippen molar-refractivity contribution < 1.29 is 0 Å². The smallest absolute Gasteiger partial charge is 0.00718 e. The molecular formula is C11H24BrN.